The molecule has 8 nitrogen and oxygen atoms in total. The van der Waals surface area contributed by atoms with E-state index in [0.717, 1.165) is 11.1 Å². The van der Waals surface area contributed by atoms with Crippen LogP contribution in [-0.2, 0) is 4.79 Å². The molecular formula is C24H30ClN5O3. The van der Waals surface area contributed by atoms with Crippen LogP contribution in [0.25, 0.3) is 10.4 Å². The van der Waals surface area contributed by atoms with Crippen molar-refractivity contribution in [1.29, 1.82) is 0 Å². The number of aliphatic carboxylic acids is 1. The van der Waals surface area contributed by atoms with Gasteiger partial charge in [0, 0.05) is 41.6 Å². The predicted molar refractivity (Wildman–Crippen MR) is 129 cm³/mol. The monoisotopic (exact) mass is 471 g/mol. The highest BCUT2D eigenvalue weighted by atomic mass is 35.5. The van der Waals surface area contributed by atoms with E-state index in [4.69, 9.17) is 22.2 Å². The van der Waals surface area contributed by atoms with Gasteiger partial charge >= 0.3 is 12.0 Å². The zero-order valence-corrected chi connectivity index (χ0v) is 20.4. The van der Waals surface area contributed by atoms with Gasteiger partial charge in [-0.3, -0.25) is 4.79 Å². The second-order valence-corrected chi connectivity index (χ2v) is 10.1. The van der Waals surface area contributed by atoms with Gasteiger partial charge in [0.2, 0.25) is 0 Å². The summed E-state index contributed by atoms with van der Waals surface area (Å²) >= 11 is 6.52. The molecule has 2 N–H and O–H groups in total. The normalized spacial score (nSPS) is 16.2. The average molecular weight is 472 g/mol. The Labute approximate surface area is 199 Å². The number of amides is 2. The standard InChI is InChI=1S/C24H30ClN5O3/c1-23(2,3)11-10-16-8-9-17(13-19(16)25)21-18(24(4,5)15-27-29-26)14-30(22(33)28-21)12-6-7-20(31)32/h8-9,13-14,21H,6-7,12,15H2,1-5H3,(H,28,33)(H,31,32). The minimum absolute atomic E-state index is 0.0365. The summed E-state index contributed by atoms with van der Waals surface area (Å²) in [5, 5.41) is 16.1. The van der Waals surface area contributed by atoms with E-state index in [9.17, 15) is 9.59 Å². The van der Waals surface area contributed by atoms with Crippen LogP contribution < -0.4 is 5.32 Å². The molecular weight excluding hydrogens is 442 g/mol. The highest BCUT2D eigenvalue weighted by Crippen LogP contribution is 2.40. The number of rotatable bonds is 8. The number of nitrogens with one attached hydrogen (secondary N) is 1. The topological polar surface area (TPSA) is 118 Å². The van der Waals surface area contributed by atoms with Gasteiger partial charge in [-0.15, -0.1) is 0 Å². The number of urea groups is 1. The molecule has 1 atom stereocenters. The van der Waals surface area contributed by atoms with Gasteiger partial charge in [-0.05, 0) is 61.4 Å². The summed E-state index contributed by atoms with van der Waals surface area (Å²) in [6, 6.07) is 4.68. The van der Waals surface area contributed by atoms with Crippen LogP contribution in [0.2, 0.25) is 5.02 Å². The Hall–Kier alpha value is -3.14. The van der Waals surface area contributed by atoms with Crippen LogP contribution in [0.5, 0.6) is 0 Å². The van der Waals surface area contributed by atoms with Crippen molar-refractivity contribution in [2.75, 3.05) is 13.1 Å². The number of halogens is 1. The summed E-state index contributed by atoms with van der Waals surface area (Å²) in [6.07, 6.45) is 2.02. The van der Waals surface area contributed by atoms with Crippen molar-refractivity contribution in [3.8, 4) is 11.8 Å². The molecule has 9 heteroatoms. The number of hydrogen-bond donors (Lipinski definition) is 2. The van der Waals surface area contributed by atoms with Crippen molar-refractivity contribution in [1.82, 2.24) is 10.2 Å². The third kappa shape index (κ3) is 7.45. The first kappa shape index (κ1) is 26.1. The molecule has 33 heavy (non-hydrogen) atoms. The fraction of sp³-hybridized carbons (Fsp3) is 0.500. The van der Waals surface area contributed by atoms with Gasteiger partial charge in [0.05, 0.1) is 11.1 Å². The molecule has 0 bridgehead atoms. The molecule has 1 aromatic carbocycles. The number of azide groups is 1. The predicted octanol–water partition coefficient (Wildman–Crippen LogP) is 5.89. The van der Waals surface area contributed by atoms with Crippen LogP contribution in [0.1, 0.15) is 64.6 Å². The molecule has 1 aliphatic heterocycles. The van der Waals surface area contributed by atoms with E-state index in [1.807, 2.05) is 46.8 Å². The molecule has 0 aliphatic carbocycles. The molecule has 0 aromatic heterocycles. The van der Waals surface area contributed by atoms with E-state index in [-0.39, 0.29) is 31.0 Å². The number of carboxylic acid groups (broad SMARTS) is 1. The Bertz CT molecular complexity index is 1060. The molecule has 0 saturated heterocycles. The zero-order chi connectivity index (χ0) is 24.8. The van der Waals surface area contributed by atoms with E-state index in [0.29, 0.717) is 17.0 Å². The summed E-state index contributed by atoms with van der Waals surface area (Å²) in [7, 11) is 0. The van der Waals surface area contributed by atoms with E-state index < -0.39 is 17.4 Å². The third-order valence-electron chi connectivity index (χ3n) is 5.13. The molecule has 1 aromatic rings. The Morgan fingerprint density at radius 3 is 2.61 bits per heavy atom. The van der Waals surface area contributed by atoms with Crippen LogP contribution in [0.4, 0.5) is 4.79 Å². The number of carboxylic acids is 1. The van der Waals surface area contributed by atoms with Crippen molar-refractivity contribution in [3.05, 3.63) is 56.6 Å². The summed E-state index contributed by atoms with van der Waals surface area (Å²) in [5.41, 5.74) is 10.4. The lowest BCUT2D eigenvalue weighted by Gasteiger charge is -2.39. The SMILES string of the molecule is CC(C)(C)C#Cc1ccc(C2NC(=O)N(CCCC(=O)O)C=C2C(C)(C)CN=[N+]=[N-])cc1Cl. The van der Waals surface area contributed by atoms with Crippen LogP contribution >= 0.6 is 11.6 Å². The van der Waals surface area contributed by atoms with Crippen molar-refractivity contribution < 1.29 is 14.7 Å². The van der Waals surface area contributed by atoms with Gasteiger partial charge in [0.15, 0.2) is 0 Å². The maximum atomic E-state index is 12.8. The number of benzene rings is 1. The summed E-state index contributed by atoms with van der Waals surface area (Å²) in [4.78, 5) is 28.0. The lowest BCUT2D eigenvalue weighted by atomic mass is 9.77. The molecule has 2 rings (SSSR count). The lowest BCUT2D eigenvalue weighted by molar-refractivity contribution is -0.137. The Kier molecular flexibility index (Phi) is 8.43. The number of nitrogens with zero attached hydrogens (tertiary/aromatic N) is 4. The highest BCUT2D eigenvalue weighted by molar-refractivity contribution is 6.31. The van der Waals surface area contributed by atoms with Gasteiger partial charge in [-0.25, -0.2) is 4.79 Å². The largest absolute Gasteiger partial charge is 0.481 e. The van der Waals surface area contributed by atoms with E-state index in [1.165, 1.54) is 4.90 Å². The van der Waals surface area contributed by atoms with Crippen molar-refractivity contribution in [2.24, 2.45) is 15.9 Å². The van der Waals surface area contributed by atoms with Gasteiger partial charge in [0.25, 0.3) is 0 Å². The Morgan fingerprint density at radius 2 is 2.03 bits per heavy atom. The second kappa shape index (κ2) is 10.7. The molecule has 1 heterocycles. The Morgan fingerprint density at radius 1 is 1.33 bits per heavy atom. The van der Waals surface area contributed by atoms with Crippen molar-refractivity contribution in [3.63, 3.8) is 0 Å². The maximum absolute atomic E-state index is 12.8. The summed E-state index contributed by atoms with van der Waals surface area (Å²) < 4.78 is 0. The van der Waals surface area contributed by atoms with Crippen LogP contribution in [0, 0.1) is 22.7 Å². The molecule has 0 radical (unpaired) electrons. The molecule has 176 valence electrons. The first-order valence-corrected chi connectivity index (χ1v) is 11.1. The minimum atomic E-state index is -0.914. The maximum Gasteiger partial charge on any atom is 0.322 e. The van der Waals surface area contributed by atoms with E-state index >= 15 is 0 Å². The van der Waals surface area contributed by atoms with Gasteiger partial charge in [0.1, 0.15) is 0 Å². The van der Waals surface area contributed by atoms with Crippen LogP contribution in [0.3, 0.4) is 0 Å². The fourth-order valence-electron chi connectivity index (χ4n) is 3.35. The molecule has 1 aliphatic rings. The minimum Gasteiger partial charge on any atom is -0.481 e. The first-order valence-electron chi connectivity index (χ1n) is 10.7. The highest BCUT2D eigenvalue weighted by Gasteiger charge is 2.36. The summed E-state index contributed by atoms with van der Waals surface area (Å²) in [6.45, 7) is 10.4. The molecule has 1 unspecified atom stereocenters. The average Bonchev–Trinajstić information content (AvgIpc) is 2.71. The number of hydrogen-bond acceptors (Lipinski definition) is 3. The second-order valence-electron chi connectivity index (χ2n) is 9.67. The van der Waals surface area contributed by atoms with Crippen molar-refractivity contribution >= 4 is 23.6 Å². The van der Waals surface area contributed by atoms with Gasteiger partial charge in [-0.2, -0.15) is 0 Å². The lowest BCUT2D eigenvalue weighted by Crippen LogP contribution is -2.47. The fourth-order valence-corrected chi connectivity index (χ4v) is 3.58. The number of carbonyl (C=O) groups is 2. The summed E-state index contributed by atoms with van der Waals surface area (Å²) in [5.74, 6) is 5.35. The molecule has 2 amide bonds. The quantitative estimate of drug-likeness (QED) is 0.213. The molecule has 0 fully saturated rings. The van der Waals surface area contributed by atoms with Crippen molar-refractivity contribution in [2.45, 2.75) is 53.5 Å². The van der Waals surface area contributed by atoms with Gasteiger partial charge in [-0.1, -0.05) is 48.5 Å². The zero-order valence-electron chi connectivity index (χ0n) is 19.6. The third-order valence-corrected chi connectivity index (χ3v) is 5.45. The van der Waals surface area contributed by atoms with Crippen LogP contribution in [-0.4, -0.2) is 35.1 Å². The first-order chi connectivity index (χ1) is 15.3. The van der Waals surface area contributed by atoms with E-state index in [2.05, 4.69) is 27.2 Å². The molecule has 0 saturated carbocycles. The Balaban J connectivity index is 2.45. The molecule has 0 spiro atoms. The smallest absolute Gasteiger partial charge is 0.322 e. The number of carbonyl (C=O) groups excluding carboxylic acids is 1. The van der Waals surface area contributed by atoms with Crippen LogP contribution in [0.15, 0.2) is 35.1 Å². The van der Waals surface area contributed by atoms with Gasteiger partial charge < -0.3 is 15.3 Å². The van der Waals surface area contributed by atoms with E-state index in [1.54, 1.807) is 12.3 Å².